The summed E-state index contributed by atoms with van der Waals surface area (Å²) in [5, 5.41) is 0. The van der Waals surface area contributed by atoms with Crippen LogP contribution in [0.3, 0.4) is 0 Å². The second-order valence-corrected chi connectivity index (χ2v) is 5.99. The molecule has 2 aromatic rings. The molecular formula is C17H18O3S. The number of hydrogen-bond acceptors (Lipinski definition) is 4. The maximum absolute atomic E-state index is 5.74. The fourth-order valence-corrected chi connectivity index (χ4v) is 2.89. The van der Waals surface area contributed by atoms with Crippen LogP contribution >= 0.6 is 11.8 Å². The predicted molar refractivity (Wildman–Crippen MR) is 84.8 cm³/mol. The molecule has 1 aliphatic heterocycles. The SMILES string of the molecule is Cc1cccc(OCCSc2ccc3c(c2)OCCO3)c1. The summed E-state index contributed by atoms with van der Waals surface area (Å²) in [5.74, 6) is 3.50. The zero-order valence-corrected chi connectivity index (χ0v) is 12.8. The second kappa shape index (κ2) is 6.76. The minimum Gasteiger partial charge on any atom is -0.493 e. The van der Waals surface area contributed by atoms with Crippen molar-refractivity contribution in [3.05, 3.63) is 48.0 Å². The molecule has 0 spiro atoms. The van der Waals surface area contributed by atoms with E-state index >= 15 is 0 Å². The number of aryl methyl sites for hydroxylation is 1. The van der Waals surface area contributed by atoms with E-state index in [9.17, 15) is 0 Å². The lowest BCUT2D eigenvalue weighted by molar-refractivity contribution is 0.171. The predicted octanol–water partition coefficient (Wildman–Crippen LogP) is 3.94. The number of thioether (sulfide) groups is 1. The quantitative estimate of drug-likeness (QED) is 0.618. The summed E-state index contributed by atoms with van der Waals surface area (Å²) in [6, 6.07) is 14.2. The van der Waals surface area contributed by atoms with Gasteiger partial charge in [0.15, 0.2) is 11.5 Å². The van der Waals surface area contributed by atoms with Crippen LogP contribution in [0.25, 0.3) is 0 Å². The summed E-state index contributed by atoms with van der Waals surface area (Å²) < 4.78 is 16.8. The summed E-state index contributed by atoms with van der Waals surface area (Å²) in [7, 11) is 0. The highest BCUT2D eigenvalue weighted by Crippen LogP contribution is 2.34. The first-order chi connectivity index (χ1) is 10.3. The number of ether oxygens (including phenoxy) is 3. The third-order valence-corrected chi connectivity index (χ3v) is 4.08. The minimum atomic E-state index is 0.623. The van der Waals surface area contributed by atoms with Gasteiger partial charge in [-0.2, -0.15) is 0 Å². The Morgan fingerprint density at radius 1 is 1.05 bits per heavy atom. The summed E-state index contributed by atoms with van der Waals surface area (Å²) in [6.45, 7) is 4.00. The van der Waals surface area contributed by atoms with Gasteiger partial charge in [-0.25, -0.2) is 0 Å². The lowest BCUT2D eigenvalue weighted by atomic mass is 10.2. The molecule has 1 aliphatic rings. The molecule has 0 saturated carbocycles. The van der Waals surface area contributed by atoms with Crippen molar-refractivity contribution in [1.82, 2.24) is 0 Å². The molecule has 3 nitrogen and oxygen atoms in total. The lowest BCUT2D eigenvalue weighted by Crippen LogP contribution is -2.15. The smallest absolute Gasteiger partial charge is 0.162 e. The highest BCUT2D eigenvalue weighted by Gasteiger charge is 2.11. The third kappa shape index (κ3) is 3.85. The van der Waals surface area contributed by atoms with Crippen molar-refractivity contribution in [3.8, 4) is 17.2 Å². The molecule has 2 aromatic carbocycles. The van der Waals surface area contributed by atoms with Gasteiger partial charge in [0.05, 0.1) is 6.61 Å². The molecule has 0 aromatic heterocycles. The van der Waals surface area contributed by atoms with Gasteiger partial charge < -0.3 is 14.2 Å². The van der Waals surface area contributed by atoms with E-state index in [2.05, 4.69) is 25.1 Å². The van der Waals surface area contributed by atoms with Crippen molar-refractivity contribution < 1.29 is 14.2 Å². The second-order valence-electron chi connectivity index (χ2n) is 4.82. The first kappa shape index (κ1) is 14.1. The Bertz CT molecular complexity index is 613. The first-order valence-corrected chi connectivity index (χ1v) is 8.02. The molecule has 4 heteroatoms. The van der Waals surface area contributed by atoms with Gasteiger partial charge in [0.25, 0.3) is 0 Å². The highest BCUT2D eigenvalue weighted by molar-refractivity contribution is 7.99. The molecule has 0 fully saturated rings. The van der Waals surface area contributed by atoms with Crippen LogP contribution in [0.2, 0.25) is 0 Å². The van der Waals surface area contributed by atoms with Crippen molar-refractivity contribution in [2.75, 3.05) is 25.6 Å². The van der Waals surface area contributed by atoms with Gasteiger partial charge in [-0.1, -0.05) is 12.1 Å². The van der Waals surface area contributed by atoms with Gasteiger partial charge in [0.2, 0.25) is 0 Å². The molecule has 0 saturated heterocycles. The molecule has 0 atom stereocenters. The van der Waals surface area contributed by atoms with E-state index in [1.165, 1.54) is 10.5 Å². The van der Waals surface area contributed by atoms with Crippen LogP contribution in [0.4, 0.5) is 0 Å². The lowest BCUT2D eigenvalue weighted by Gasteiger charge is -2.18. The van der Waals surface area contributed by atoms with Crippen molar-refractivity contribution in [3.63, 3.8) is 0 Å². The average molecular weight is 302 g/mol. The van der Waals surface area contributed by atoms with Gasteiger partial charge in [-0.05, 0) is 42.8 Å². The van der Waals surface area contributed by atoms with Crippen LogP contribution in [0.1, 0.15) is 5.56 Å². The number of rotatable bonds is 5. The monoisotopic (exact) mass is 302 g/mol. The van der Waals surface area contributed by atoms with E-state index in [-0.39, 0.29) is 0 Å². The van der Waals surface area contributed by atoms with Crippen LogP contribution in [0.15, 0.2) is 47.4 Å². The van der Waals surface area contributed by atoms with E-state index in [0.717, 1.165) is 23.0 Å². The van der Waals surface area contributed by atoms with Crippen LogP contribution in [-0.4, -0.2) is 25.6 Å². The van der Waals surface area contributed by atoms with Crippen LogP contribution in [0, 0.1) is 6.92 Å². The largest absolute Gasteiger partial charge is 0.493 e. The van der Waals surface area contributed by atoms with E-state index in [1.807, 2.05) is 24.3 Å². The van der Waals surface area contributed by atoms with E-state index < -0.39 is 0 Å². The van der Waals surface area contributed by atoms with E-state index in [0.29, 0.717) is 19.8 Å². The van der Waals surface area contributed by atoms with Gasteiger partial charge in [-0.15, -0.1) is 11.8 Å². The van der Waals surface area contributed by atoms with Gasteiger partial charge >= 0.3 is 0 Å². The molecule has 110 valence electrons. The molecule has 0 amide bonds. The molecule has 21 heavy (non-hydrogen) atoms. The molecular weight excluding hydrogens is 284 g/mol. The standard InChI is InChI=1S/C17H18O3S/c1-13-3-2-4-14(11-13)18-9-10-21-15-5-6-16-17(12-15)20-8-7-19-16/h2-6,11-12H,7-10H2,1H3. The molecule has 3 rings (SSSR count). The summed E-state index contributed by atoms with van der Waals surface area (Å²) in [6.07, 6.45) is 0. The average Bonchev–Trinajstić information content (AvgIpc) is 2.51. The number of benzene rings is 2. The van der Waals surface area contributed by atoms with Crippen LogP contribution in [0.5, 0.6) is 17.2 Å². The molecule has 0 bridgehead atoms. The van der Waals surface area contributed by atoms with Crippen molar-refractivity contribution in [2.24, 2.45) is 0 Å². The zero-order chi connectivity index (χ0) is 14.5. The van der Waals surface area contributed by atoms with E-state index in [4.69, 9.17) is 14.2 Å². The molecule has 0 N–H and O–H groups in total. The fourth-order valence-electron chi connectivity index (χ4n) is 2.14. The Morgan fingerprint density at radius 2 is 1.90 bits per heavy atom. The van der Waals surface area contributed by atoms with Crippen LogP contribution in [-0.2, 0) is 0 Å². The van der Waals surface area contributed by atoms with E-state index in [1.54, 1.807) is 11.8 Å². The Balaban J connectivity index is 1.49. The van der Waals surface area contributed by atoms with Gasteiger partial charge in [0.1, 0.15) is 19.0 Å². The van der Waals surface area contributed by atoms with Crippen molar-refractivity contribution in [1.29, 1.82) is 0 Å². The normalized spacial score (nSPS) is 13.0. The first-order valence-electron chi connectivity index (χ1n) is 7.03. The molecule has 1 heterocycles. The Hall–Kier alpha value is -1.81. The minimum absolute atomic E-state index is 0.623. The summed E-state index contributed by atoms with van der Waals surface area (Å²) in [4.78, 5) is 1.17. The van der Waals surface area contributed by atoms with Crippen LogP contribution < -0.4 is 14.2 Å². The maximum atomic E-state index is 5.74. The third-order valence-electron chi connectivity index (χ3n) is 3.12. The zero-order valence-electron chi connectivity index (χ0n) is 12.0. The number of fused-ring (bicyclic) bond motifs is 1. The van der Waals surface area contributed by atoms with Gasteiger partial charge in [0, 0.05) is 10.6 Å². The van der Waals surface area contributed by atoms with Crippen molar-refractivity contribution >= 4 is 11.8 Å². The highest BCUT2D eigenvalue weighted by atomic mass is 32.2. The summed E-state index contributed by atoms with van der Waals surface area (Å²) in [5.41, 5.74) is 1.21. The maximum Gasteiger partial charge on any atom is 0.162 e. The summed E-state index contributed by atoms with van der Waals surface area (Å²) >= 11 is 1.76. The fraction of sp³-hybridized carbons (Fsp3) is 0.294. The topological polar surface area (TPSA) is 27.7 Å². The number of hydrogen-bond donors (Lipinski definition) is 0. The molecule has 0 radical (unpaired) electrons. The Labute approximate surface area is 129 Å². The Kier molecular flexibility index (Phi) is 4.55. The molecule has 0 aliphatic carbocycles. The molecule has 0 unspecified atom stereocenters. The van der Waals surface area contributed by atoms with Crippen molar-refractivity contribution in [2.45, 2.75) is 11.8 Å². The Morgan fingerprint density at radius 3 is 2.76 bits per heavy atom. The van der Waals surface area contributed by atoms with Gasteiger partial charge in [-0.3, -0.25) is 0 Å².